The van der Waals surface area contributed by atoms with E-state index in [4.69, 9.17) is 11.6 Å². The van der Waals surface area contributed by atoms with Crippen LogP contribution in [0, 0.1) is 18.7 Å². The number of halogens is 2. The summed E-state index contributed by atoms with van der Waals surface area (Å²) in [5.41, 5.74) is 1.67. The van der Waals surface area contributed by atoms with E-state index < -0.39 is 34.3 Å². The third-order valence-electron chi connectivity index (χ3n) is 6.10. The molecule has 1 atom stereocenters. The molecule has 0 fully saturated rings. The van der Waals surface area contributed by atoms with E-state index in [1.54, 1.807) is 37.3 Å². The van der Waals surface area contributed by atoms with Crippen LogP contribution in [0.4, 0.5) is 10.1 Å². The lowest BCUT2D eigenvalue weighted by Gasteiger charge is -2.32. The molecule has 0 radical (unpaired) electrons. The van der Waals surface area contributed by atoms with Crippen LogP contribution >= 0.6 is 11.6 Å². The highest BCUT2D eigenvalue weighted by atomic mass is 35.5. The standard InChI is InChI=1S/C29H33ClFN3O4S/c1-20(2)17-32-29(36)22(4)33(18-23-10-12-25(31)13-11-23)28(35)19-34(26-7-5-6-24(30)16-26)39(37,38)27-14-8-21(3)9-15-27/h5-16,20,22H,17-19H2,1-4H3,(H,32,36)/t22-/m1/s1. The van der Waals surface area contributed by atoms with Crippen LogP contribution in [0.15, 0.2) is 77.7 Å². The molecule has 3 aromatic rings. The first-order chi connectivity index (χ1) is 18.4. The summed E-state index contributed by atoms with van der Waals surface area (Å²) in [5.74, 6) is -1.23. The van der Waals surface area contributed by atoms with Gasteiger partial charge >= 0.3 is 0 Å². The molecular weight excluding hydrogens is 541 g/mol. The van der Waals surface area contributed by atoms with Crippen molar-refractivity contribution in [2.24, 2.45) is 5.92 Å². The highest BCUT2D eigenvalue weighted by Gasteiger charge is 2.32. The Morgan fingerprint density at radius 3 is 2.21 bits per heavy atom. The molecule has 7 nitrogen and oxygen atoms in total. The fourth-order valence-corrected chi connectivity index (χ4v) is 5.41. The summed E-state index contributed by atoms with van der Waals surface area (Å²) in [4.78, 5) is 28.1. The molecule has 3 aromatic carbocycles. The zero-order valence-corrected chi connectivity index (χ0v) is 24.0. The Morgan fingerprint density at radius 1 is 0.974 bits per heavy atom. The number of hydrogen-bond acceptors (Lipinski definition) is 4. The number of benzene rings is 3. The second-order valence-corrected chi connectivity index (χ2v) is 12.1. The van der Waals surface area contributed by atoms with E-state index in [1.807, 2.05) is 20.8 Å². The van der Waals surface area contributed by atoms with Gasteiger partial charge in [-0.1, -0.05) is 61.3 Å². The smallest absolute Gasteiger partial charge is 0.264 e. The van der Waals surface area contributed by atoms with E-state index in [0.717, 1.165) is 9.87 Å². The van der Waals surface area contributed by atoms with Crippen LogP contribution in [0.3, 0.4) is 0 Å². The molecule has 0 aliphatic carbocycles. The molecule has 208 valence electrons. The summed E-state index contributed by atoms with van der Waals surface area (Å²) in [5, 5.41) is 3.12. The van der Waals surface area contributed by atoms with Crippen LogP contribution in [0.1, 0.15) is 31.9 Å². The van der Waals surface area contributed by atoms with Crippen molar-refractivity contribution in [2.45, 2.75) is 45.2 Å². The lowest BCUT2D eigenvalue weighted by molar-refractivity contribution is -0.139. The average Bonchev–Trinajstić information content (AvgIpc) is 2.89. The number of amides is 2. The van der Waals surface area contributed by atoms with Crippen molar-refractivity contribution < 1.29 is 22.4 Å². The summed E-state index contributed by atoms with van der Waals surface area (Å²) >= 11 is 6.18. The van der Waals surface area contributed by atoms with Crippen LogP contribution in [0.5, 0.6) is 0 Å². The summed E-state index contributed by atoms with van der Waals surface area (Å²) in [6, 6.07) is 17.2. The van der Waals surface area contributed by atoms with Crippen molar-refractivity contribution in [3.63, 3.8) is 0 Å². The monoisotopic (exact) mass is 573 g/mol. The molecule has 39 heavy (non-hydrogen) atoms. The third-order valence-corrected chi connectivity index (χ3v) is 8.13. The van der Waals surface area contributed by atoms with Gasteiger partial charge in [0.15, 0.2) is 0 Å². The first-order valence-corrected chi connectivity index (χ1v) is 14.4. The molecule has 0 saturated carbocycles. The maximum absolute atomic E-state index is 13.8. The Kier molecular flexibility index (Phi) is 10.1. The van der Waals surface area contributed by atoms with Gasteiger partial charge in [-0.3, -0.25) is 13.9 Å². The Morgan fingerprint density at radius 2 is 1.62 bits per heavy atom. The zero-order chi connectivity index (χ0) is 28.7. The Labute approximate surface area is 234 Å². The van der Waals surface area contributed by atoms with Gasteiger partial charge in [0.05, 0.1) is 10.6 Å². The summed E-state index contributed by atoms with van der Waals surface area (Å²) < 4.78 is 42.1. The van der Waals surface area contributed by atoms with Gasteiger partial charge in [0, 0.05) is 18.1 Å². The number of hydrogen-bond donors (Lipinski definition) is 1. The molecule has 0 unspecified atom stereocenters. The Balaban J connectivity index is 2.01. The van der Waals surface area contributed by atoms with Gasteiger partial charge in [-0.15, -0.1) is 0 Å². The molecule has 0 aliphatic heterocycles. The number of nitrogens with zero attached hydrogens (tertiary/aromatic N) is 2. The van der Waals surface area contributed by atoms with Crippen molar-refractivity contribution in [1.82, 2.24) is 10.2 Å². The zero-order valence-electron chi connectivity index (χ0n) is 22.4. The quantitative estimate of drug-likeness (QED) is 0.343. The lowest BCUT2D eigenvalue weighted by Crippen LogP contribution is -2.51. The molecule has 0 saturated heterocycles. The minimum atomic E-state index is -4.19. The van der Waals surface area contributed by atoms with E-state index in [9.17, 15) is 22.4 Å². The van der Waals surface area contributed by atoms with Gasteiger partial charge in [-0.2, -0.15) is 0 Å². The number of anilines is 1. The molecule has 0 aliphatic rings. The third kappa shape index (κ3) is 8.03. The summed E-state index contributed by atoms with van der Waals surface area (Å²) in [6.45, 7) is 7.13. The number of rotatable bonds is 11. The van der Waals surface area contributed by atoms with Gasteiger partial charge in [-0.25, -0.2) is 12.8 Å². The first kappa shape index (κ1) is 30.1. The van der Waals surface area contributed by atoms with Crippen molar-refractivity contribution in [2.75, 3.05) is 17.4 Å². The first-order valence-electron chi connectivity index (χ1n) is 12.5. The number of carbonyl (C=O) groups excluding carboxylic acids is 2. The predicted octanol–water partition coefficient (Wildman–Crippen LogP) is 5.17. The van der Waals surface area contributed by atoms with Gasteiger partial charge in [0.2, 0.25) is 11.8 Å². The fraction of sp³-hybridized carbons (Fsp3) is 0.310. The largest absolute Gasteiger partial charge is 0.354 e. The second kappa shape index (κ2) is 13.1. The van der Waals surface area contributed by atoms with E-state index in [0.29, 0.717) is 17.1 Å². The summed E-state index contributed by atoms with van der Waals surface area (Å²) in [6.07, 6.45) is 0. The minimum absolute atomic E-state index is 0.00804. The number of sulfonamides is 1. The topological polar surface area (TPSA) is 86.8 Å². The Bertz CT molecular complexity index is 1400. The summed E-state index contributed by atoms with van der Waals surface area (Å²) in [7, 11) is -4.19. The highest BCUT2D eigenvalue weighted by molar-refractivity contribution is 7.92. The molecule has 0 bridgehead atoms. The Hall–Kier alpha value is -3.43. The minimum Gasteiger partial charge on any atom is -0.354 e. The van der Waals surface area contributed by atoms with Gasteiger partial charge in [-0.05, 0) is 67.8 Å². The predicted molar refractivity (Wildman–Crippen MR) is 151 cm³/mol. The van der Waals surface area contributed by atoms with Gasteiger partial charge in [0.25, 0.3) is 10.0 Å². The SMILES string of the molecule is Cc1ccc(S(=O)(=O)N(CC(=O)N(Cc2ccc(F)cc2)[C@H](C)C(=O)NCC(C)C)c2cccc(Cl)c2)cc1. The molecule has 0 heterocycles. The molecule has 1 N–H and O–H groups in total. The number of nitrogens with one attached hydrogen (secondary N) is 1. The molecule has 10 heteroatoms. The van der Waals surface area contributed by atoms with Crippen LogP contribution in [-0.4, -0.2) is 44.3 Å². The highest BCUT2D eigenvalue weighted by Crippen LogP contribution is 2.27. The van der Waals surface area contributed by atoms with Crippen LogP contribution < -0.4 is 9.62 Å². The average molecular weight is 574 g/mol. The van der Waals surface area contributed by atoms with Gasteiger partial charge < -0.3 is 10.2 Å². The molecule has 0 spiro atoms. The number of aryl methyl sites for hydroxylation is 1. The van der Waals surface area contributed by atoms with E-state index >= 15 is 0 Å². The van der Waals surface area contributed by atoms with Crippen molar-refractivity contribution in [3.8, 4) is 0 Å². The lowest BCUT2D eigenvalue weighted by atomic mass is 10.1. The maximum Gasteiger partial charge on any atom is 0.264 e. The molecule has 0 aromatic heterocycles. The fourth-order valence-electron chi connectivity index (χ4n) is 3.82. The molecular formula is C29H33ClFN3O4S. The van der Waals surface area contributed by atoms with E-state index in [-0.39, 0.29) is 29.0 Å². The van der Waals surface area contributed by atoms with E-state index in [1.165, 1.54) is 47.4 Å². The number of carbonyl (C=O) groups is 2. The van der Waals surface area contributed by atoms with Crippen LogP contribution in [0.25, 0.3) is 0 Å². The van der Waals surface area contributed by atoms with Gasteiger partial charge in [0.1, 0.15) is 18.4 Å². The van der Waals surface area contributed by atoms with Crippen molar-refractivity contribution >= 4 is 39.1 Å². The second-order valence-electron chi connectivity index (χ2n) is 9.77. The van der Waals surface area contributed by atoms with E-state index in [2.05, 4.69) is 5.32 Å². The van der Waals surface area contributed by atoms with Crippen molar-refractivity contribution in [1.29, 1.82) is 0 Å². The van der Waals surface area contributed by atoms with Crippen molar-refractivity contribution in [3.05, 3.63) is 94.8 Å². The molecule has 2 amide bonds. The maximum atomic E-state index is 13.8. The molecule has 3 rings (SSSR count). The van der Waals surface area contributed by atoms with Crippen LogP contribution in [0.2, 0.25) is 5.02 Å². The normalized spacial score (nSPS) is 12.2. The van der Waals surface area contributed by atoms with Crippen LogP contribution in [-0.2, 0) is 26.2 Å².